The largest absolute Gasteiger partial charge is 0.384 e. The number of nitriles is 1. The lowest BCUT2D eigenvalue weighted by Gasteiger charge is -2.18. The summed E-state index contributed by atoms with van der Waals surface area (Å²) in [4.78, 5) is 12.0. The molecule has 0 atom stereocenters. The van der Waals surface area contributed by atoms with Crippen molar-refractivity contribution in [1.82, 2.24) is 15.7 Å². The molecule has 0 spiro atoms. The molecule has 0 aromatic carbocycles. The van der Waals surface area contributed by atoms with Gasteiger partial charge in [0.1, 0.15) is 11.5 Å². The number of hydrogen-bond donors (Lipinski definition) is 4. The Morgan fingerprint density at radius 3 is 2.59 bits per heavy atom. The van der Waals surface area contributed by atoms with Gasteiger partial charge in [-0.25, -0.2) is 5.06 Å². The molecule has 0 rings (SSSR count). The summed E-state index contributed by atoms with van der Waals surface area (Å²) in [6.07, 6.45) is 4.79. The molecule has 0 unspecified atom stereocenters. The highest BCUT2D eigenvalue weighted by Gasteiger charge is 2.18. The summed E-state index contributed by atoms with van der Waals surface area (Å²) in [6, 6.07) is 2.02. The van der Waals surface area contributed by atoms with Crippen LogP contribution in [-0.2, 0) is 4.79 Å². The summed E-state index contributed by atoms with van der Waals surface area (Å²) in [6.45, 7) is 2.97. The molecule has 0 saturated carbocycles. The first-order chi connectivity index (χ1) is 10.1. The second kappa shape index (κ2) is 14.3. The van der Waals surface area contributed by atoms with Gasteiger partial charge in [0, 0.05) is 28.0 Å². The zero-order valence-electron chi connectivity index (χ0n) is 13.4. The summed E-state index contributed by atoms with van der Waals surface area (Å²) in [5.41, 5.74) is 5.98. The Kier molecular flexibility index (Phi) is 14.7. The van der Waals surface area contributed by atoms with Crippen molar-refractivity contribution < 1.29 is 11.4 Å². The topological polar surface area (TPSA) is 114 Å². The minimum Gasteiger partial charge on any atom is -0.384 e. The van der Waals surface area contributed by atoms with Crippen LogP contribution in [0.5, 0.6) is 0 Å². The van der Waals surface area contributed by atoms with Crippen LogP contribution in [0.3, 0.4) is 0 Å². The Bertz CT molecular complexity index is 388. The molecule has 8 heteroatoms. The van der Waals surface area contributed by atoms with Crippen LogP contribution in [0.15, 0.2) is 11.5 Å². The average molecular weight is 336 g/mol. The zero-order valence-corrected chi connectivity index (χ0v) is 14.2. The molecule has 130 valence electrons. The molecule has 0 aliphatic carbocycles. The standard InChI is InChI=1S/C14H27N5O2.ClH.H2/c1-3-4-7-10-18-13(16)12(17-2)14(20)19(21)11-8-5-6-9-15;;/h17-18,21H,3-8,10-11,16H2,1-2H3;2*1H/b13-12+;;. The summed E-state index contributed by atoms with van der Waals surface area (Å²) in [7, 11) is 1.58. The number of halogens is 1. The average Bonchev–Trinajstić information content (AvgIpc) is 2.48. The minimum atomic E-state index is -0.574. The Morgan fingerprint density at radius 2 is 2.05 bits per heavy atom. The van der Waals surface area contributed by atoms with Crippen molar-refractivity contribution in [2.24, 2.45) is 5.73 Å². The lowest BCUT2D eigenvalue weighted by atomic mass is 10.2. The smallest absolute Gasteiger partial charge is 0.297 e. The molecular weight excluding hydrogens is 306 g/mol. The molecule has 0 bridgehead atoms. The van der Waals surface area contributed by atoms with Gasteiger partial charge in [0.05, 0.1) is 6.07 Å². The van der Waals surface area contributed by atoms with Crippen LogP contribution in [0.4, 0.5) is 0 Å². The van der Waals surface area contributed by atoms with E-state index >= 15 is 0 Å². The van der Waals surface area contributed by atoms with E-state index in [1.807, 2.05) is 6.07 Å². The highest BCUT2D eigenvalue weighted by atomic mass is 35.5. The highest BCUT2D eigenvalue weighted by molar-refractivity contribution is 5.92. The van der Waals surface area contributed by atoms with E-state index in [9.17, 15) is 10.0 Å². The summed E-state index contributed by atoms with van der Waals surface area (Å²) >= 11 is 0. The molecule has 0 aromatic heterocycles. The van der Waals surface area contributed by atoms with Crippen LogP contribution in [0.1, 0.15) is 46.9 Å². The van der Waals surface area contributed by atoms with Gasteiger partial charge in [-0.1, -0.05) is 19.8 Å². The summed E-state index contributed by atoms with van der Waals surface area (Å²) in [5.74, 6) is -0.343. The molecule has 1 amide bonds. The number of rotatable bonds is 11. The molecule has 0 aliphatic rings. The van der Waals surface area contributed by atoms with E-state index in [1.165, 1.54) is 0 Å². The number of hydrogen-bond acceptors (Lipinski definition) is 6. The number of nitrogens with zero attached hydrogens (tertiary/aromatic N) is 2. The Labute approximate surface area is 140 Å². The third-order valence-electron chi connectivity index (χ3n) is 2.97. The molecule has 0 aliphatic heterocycles. The molecule has 5 N–H and O–H groups in total. The lowest BCUT2D eigenvalue weighted by Crippen LogP contribution is -2.38. The molecule has 7 nitrogen and oxygen atoms in total. The van der Waals surface area contributed by atoms with Gasteiger partial charge in [-0.05, 0) is 19.3 Å². The van der Waals surface area contributed by atoms with E-state index in [2.05, 4.69) is 17.6 Å². The fraction of sp³-hybridized carbons (Fsp3) is 0.714. The molecule has 0 heterocycles. The number of amides is 1. The number of nitrogens with two attached hydrogens (primary N) is 1. The van der Waals surface area contributed by atoms with Crippen LogP contribution in [0.25, 0.3) is 0 Å². The molecular formula is C14H30ClN5O2. The zero-order chi connectivity index (χ0) is 16.1. The van der Waals surface area contributed by atoms with Crippen molar-refractivity contribution >= 4 is 18.3 Å². The van der Waals surface area contributed by atoms with Gasteiger partial charge in [0.15, 0.2) is 0 Å². The van der Waals surface area contributed by atoms with Gasteiger partial charge in [-0.3, -0.25) is 10.0 Å². The van der Waals surface area contributed by atoms with Gasteiger partial charge >= 0.3 is 0 Å². The molecule has 0 saturated heterocycles. The number of hydroxylamine groups is 2. The first-order valence-corrected chi connectivity index (χ1v) is 7.37. The van der Waals surface area contributed by atoms with E-state index in [-0.39, 0.29) is 31.9 Å². The fourth-order valence-electron chi connectivity index (χ4n) is 1.74. The minimum absolute atomic E-state index is 0. The van der Waals surface area contributed by atoms with Crippen molar-refractivity contribution in [3.8, 4) is 6.07 Å². The third-order valence-corrected chi connectivity index (χ3v) is 2.97. The second-order valence-corrected chi connectivity index (χ2v) is 4.72. The molecule has 0 radical (unpaired) electrons. The Balaban J connectivity index is -0.00000200. The maximum Gasteiger partial charge on any atom is 0.297 e. The van der Waals surface area contributed by atoms with Crippen molar-refractivity contribution in [3.63, 3.8) is 0 Å². The van der Waals surface area contributed by atoms with E-state index in [0.29, 0.717) is 30.9 Å². The summed E-state index contributed by atoms with van der Waals surface area (Å²) in [5, 5.41) is 24.5. The van der Waals surface area contributed by atoms with Crippen molar-refractivity contribution in [1.29, 1.82) is 5.26 Å². The predicted molar refractivity (Wildman–Crippen MR) is 90.1 cm³/mol. The number of nitrogens with one attached hydrogen (secondary N) is 2. The monoisotopic (exact) mass is 335 g/mol. The van der Waals surface area contributed by atoms with Crippen LogP contribution in [-0.4, -0.2) is 36.3 Å². The van der Waals surface area contributed by atoms with Crippen LogP contribution in [0.2, 0.25) is 0 Å². The SMILES string of the molecule is CCCCCN/C(N)=C(/NC)C(=O)N(O)CCCCC#N.Cl.[HH]. The summed E-state index contributed by atoms with van der Waals surface area (Å²) < 4.78 is 0. The van der Waals surface area contributed by atoms with Gasteiger partial charge in [0.2, 0.25) is 0 Å². The first-order valence-electron chi connectivity index (χ1n) is 7.37. The van der Waals surface area contributed by atoms with E-state index in [1.54, 1.807) is 7.05 Å². The fourth-order valence-corrected chi connectivity index (χ4v) is 1.74. The maximum absolute atomic E-state index is 12.0. The van der Waals surface area contributed by atoms with E-state index < -0.39 is 5.91 Å². The molecule has 22 heavy (non-hydrogen) atoms. The quantitative estimate of drug-likeness (QED) is 0.198. The maximum atomic E-state index is 12.0. The lowest BCUT2D eigenvalue weighted by molar-refractivity contribution is -0.161. The van der Waals surface area contributed by atoms with Crippen molar-refractivity contribution in [2.75, 3.05) is 20.1 Å². The van der Waals surface area contributed by atoms with Gasteiger partial charge in [0.25, 0.3) is 5.91 Å². The normalized spacial score (nSPS) is 10.8. The number of likely N-dealkylation sites (N-methyl/N-ethyl adjacent to an activating group) is 1. The number of unbranched alkanes of at least 4 members (excludes halogenated alkanes) is 4. The van der Waals surface area contributed by atoms with Crippen LogP contribution < -0.4 is 16.4 Å². The van der Waals surface area contributed by atoms with E-state index in [0.717, 1.165) is 19.3 Å². The molecule has 0 aromatic rings. The van der Waals surface area contributed by atoms with Crippen LogP contribution >= 0.6 is 12.4 Å². The third kappa shape index (κ3) is 9.32. The van der Waals surface area contributed by atoms with Gasteiger partial charge in [-0.2, -0.15) is 5.26 Å². The van der Waals surface area contributed by atoms with Crippen molar-refractivity contribution in [3.05, 3.63) is 11.5 Å². The van der Waals surface area contributed by atoms with Crippen molar-refractivity contribution in [2.45, 2.75) is 45.4 Å². The van der Waals surface area contributed by atoms with Gasteiger partial charge < -0.3 is 16.4 Å². The second-order valence-electron chi connectivity index (χ2n) is 4.72. The predicted octanol–water partition coefficient (Wildman–Crippen LogP) is 1.69. The van der Waals surface area contributed by atoms with E-state index in [4.69, 9.17) is 11.0 Å². The molecule has 0 fully saturated rings. The highest BCUT2D eigenvalue weighted by Crippen LogP contribution is 2.02. The number of carbonyl (C=O) groups is 1. The Hall–Kier alpha value is -1.65. The van der Waals surface area contributed by atoms with Gasteiger partial charge in [-0.15, -0.1) is 12.4 Å². The Morgan fingerprint density at radius 1 is 1.36 bits per heavy atom. The number of carbonyl (C=O) groups excluding carboxylic acids is 1. The van der Waals surface area contributed by atoms with Crippen LogP contribution in [0, 0.1) is 11.3 Å². The first kappa shape index (κ1) is 22.6.